The predicted molar refractivity (Wildman–Crippen MR) is 78.7 cm³/mol. The summed E-state index contributed by atoms with van der Waals surface area (Å²) in [7, 11) is 1.86. The van der Waals surface area contributed by atoms with Crippen molar-refractivity contribution in [2.75, 3.05) is 13.6 Å². The van der Waals surface area contributed by atoms with Crippen molar-refractivity contribution in [2.45, 2.75) is 64.8 Å². The number of carbonyl (C=O) groups excluding carboxylic acids is 1. The number of amides is 2. The van der Waals surface area contributed by atoms with Gasteiger partial charge in [-0.15, -0.1) is 0 Å². The lowest BCUT2D eigenvalue weighted by Crippen LogP contribution is -2.46. The Bertz CT molecular complexity index is 332. The van der Waals surface area contributed by atoms with Gasteiger partial charge in [-0.3, -0.25) is 4.79 Å². The molecule has 0 bridgehead atoms. The second kappa shape index (κ2) is 7.50. The predicted octanol–water partition coefficient (Wildman–Crippen LogP) is 2.85. The molecule has 0 unspecified atom stereocenters. The van der Waals surface area contributed by atoms with E-state index >= 15 is 0 Å². The number of nitrogens with one attached hydrogen (secondary N) is 1. The van der Waals surface area contributed by atoms with Crippen LogP contribution >= 0.6 is 0 Å². The van der Waals surface area contributed by atoms with Gasteiger partial charge in [-0.2, -0.15) is 0 Å². The number of aliphatic carboxylic acids is 1. The number of hydrogen-bond donors (Lipinski definition) is 2. The molecule has 0 heterocycles. The summed E-state index contributed by atoms with van der Waals surface area (Å²) in [6.45, 7) is 5.12. The van der Waals surface area contributed by atoms with Crippen molar-refractivity contribution < 1.29 is 14.7 Å². The van der Waals surface area contributed by atoms with E-state index in [0.29, 0.717) is 30.8 Å². The first-order valence-corrected chi connectivity index (χ1v) is 7.54. The summed E-state index contributed by atoms with van der Waals surface area (Å²) in [5, 5.41) is 11.4. The van der Waals surface area contributed by atoms with Crippen molar-refractivity contribution in [1.29, 1.82) is 0 Å². The average Bonchev–Trinajstić information content (AvgIpc) is 2.37. The Morgan fingerprint density at radius 3 is 2.40 bits per heavy atom. The standard InChI is InChI=1S/C15H28N2O3/c1-15(2)9-7-12(8-10-15)17(3)14(20)16-11-5-4-6-13(18)19/h12H,4-11H2,1-3H3,(H,16,20)(H,18,19). The SMILES string of the molecule is CN(C(=O)NCCCCC(=O)O)C1CCC(C)(C)CC1. The van der Waals surface area contributed by atoms with Gasteiger partial charge < -0.3 is 15.3 Å². The van der Waals surface area contributed by atoms with Gasteiger partial charge in [-0.1, -0.05) is 13.8 Å². The molecule has 1 aliphatic rings. The van der Waals surface area contributed by atoms with E-state index in [1.165, 1.54) is 0 Å². The van der Waals surface area contributed by atoms with Crippen molar-refractivity contribution in [3.63, 3.8) is 0 Å². The Balaban J connectivity index is 2.21. The van der Waals surface area contributed by atoms with Gasteiger partial charge in [0.15, 0.2) is 0 Å². The van der Waals surface area contributed by atoms with Gasteiger partial charge in [-0.25, -0.2) is 4.79 Å². The zero-order chi connectivity index (χ0) is 15.2. The Labute approximate surface area is 121 Å². The number of carboxylic acids is 1. The highest BCUT2D eigenvalue weighted by Gasteiger charge is 2.30. The average molecular weight is 284 g/mol. The molecule has 2 amide bonds. The number of hydrogen-bond acceptors (Lipinski definition) is 2. The van der Waals surface area contributed by atoms with E-state index in [9.17, 15) is 9.59 Å². The first kappa shape index (κ1) is 16.8. The Morgan fingerprint density at radius 2 is 1.85 bits per heavy atom. The molecule has 0 atom stereocenters. The first-order valence-electron chi connectivity index (χ1n) is 7.54. The molecular formula is C15H28N2O3. The topological polar surface area (TPSA) is 69.6 Å². The molecule has 20 heavy (non-hydrogen) atoms. The molecule has 0 aromatic rings. The van der Waals surface area contributed by atoms with E-state index in [-0.39, 0.29) is 12.5 Å². The van der Waals surface area contributed by atoms with Crippen LogP contribution in [0, 0.1) is 5.41 Å². The van der Waals surface area contributed by atoms with Crippen molar-refractivity contribution in [3.8, 4) is 0 Å². The van der Waals surface area contributed by atoms with Crippen LogP contribution in [0.5, 0.6) is 0 Å². The molecule has 1 fully saturated rings. The highest BCUT2D eigenvalue weighted by atomic mass is 16.4. The Morgan fingerprint density at radius 1 is 1.25 bits per heavy atom. The summed E-state index contributed by atoms with van der Waals surface area (Å²) in [6, 6.07) is 0.298. The lowest BCUT2D eigenvalue weighted by atomic mass is 9.75. The number of rotatable bonds is 6. The fraction of sp³-hybridized carbons (Fsp3) is 0.867. The van der Waals surface area contributed by atoms with Crippen LogP contribution in [0.25, 0.3) is 0 Å². The van der Waals surface area contributed by atoms with Crippen LogP contribution in [-0.4, -0.2) is 41.6 Å². The largest absolute Gasteiger partial charge is 0.481 e. The third-order valence-electron chi connectivity index (χ3n) is 4.27. The minimum absolute atomic E-state index is 0.0370. The van der Waals surface area contributed by atoms with E-state index in [2.05, 4.69) is 19.2 Å². The molecule has 0 aromatic heterocycles. The van der Waals surface area contributed by atoms with E-state index in [4.69, 9.17) is 5.11 Å². The van der Waals surface area contributed by atoms with Gasteiger partial charge in [0.25, 0.3) is 0 Å². The van der Waals surface area contributed by atoms with E-state index in [1.54, 1.807) is 0 Å². The third-order valence-corrected chi connectivity index (χ3v) is 4.27. The molecule has 1 saturated carbocycles. The molecule has 0 spiro atoms. The van der Waals surface area contributed by atoms with Crippen LogP contribution in [0.2, 0.25) is 0 Å². The van der Waals surface area contributed by atoms with E-state index in [0.717, 1.165) is 25.7 Å². The summed E-state index contributed by atoms with van der Waals surface area (Å²) < 4.78 is 0. The maximum atomic E-state index is 12.0. The molecule has 0 aromatic carbocycles. The fourth-order valence-electron chi connectivity index (χ4n) is 2.66. The quantitative estimate of drug-likeness (QED) is 0.737. The lowest BCUT2D eigenvalue weighted by molar-refractivity contribution is -0.137. The maximum Gasteiger partial charge on any atom is 0.317 e. The molecular weight excluding hydrogens is 256 g/mol. The van der Waals surface area contributed by atoms with Crippen molar-refractivity contribution in [3.05, 3.63) is 0 Å². The highest BCUT2D eigenvalue weighted by Crippen LogP contribution is 2.36. The normalized spacial score (nSPS) is 18.6. The second-order valence-corrected chi connectivity index (χ2v) is 6.59. The van der Waals surface area contributed by atoms with Crippen molar-refractivity contribution in [2.24, 2.45) is 5.41 Å². The third kappa shape index (κ3) is 5.80. The van der Waals surface area contributed by atoms with Crippen LogP contribution in [0.3, 0.4) is 0 Å². The van der Waals surface area contributed by atoms with Crippen LogP contribution in [0.4, 0.5) is 4.79 Å². The van der Waals surface area contributed by atoms with Gasteiger partial charge in [0.1, 0.15) is 0 Å². The highest BCUT2D eigenvalue weighted by molar-refractivity contribution is 5.74. The molecule has 0 radical (unpaired) electrons. The van der Waals surface area contributed by atoms with Gasteiger partial charge >= 0.3 is 12.0 Å². The van der Waals surface area contributed by atoms with Gasteiger partial charge in [0, 0.05) is 26.1 Å². The number of carbonyl (C=O) groups is 2. The summed E-state index contributed by atoms with van der Waals surface area (Å²) in [4.78, 5) is 24.2. The lowest BCUT2D eigenvalue weighted by Gasteiger charge is -2.38. The Hall–Kier alpha value is -1.26. The van der Waals surface area contributed by atoms with E-state index < -0.39 is 5.97 Å². The summed E-state index contributed by atoms with van der Waals surface area (Å²) >= 11 is 0. The zero-order valence-corrected chi connectivity index (χ0v) is 12.9. The molecule has 116 valence electrons. The number of urea groups is 1. The van der Waals surface area contributed by atoms with Crippen LogP contribution < -0.4 is 5.32 Å². The van der Waals surface area contributed by atoms with Gasteiger partial charge in [0.05, 0.1) is 0 Å². The molecule has 0 aliphatic heterocycles. The number of unbranched alkanes of at least 4 members (excludes halogenated alkanes) is 1. The van der Waals surface area contributed by atoms with Crippen LogP contribution in [0.1, 0.15) is 58.8 Å². The fourth-order valence-corrected chi connectivity index (χ4v) is 2.66. The molecule has 2 N–H and O–H groups in total. The smallest absolute Gasteiger partial charge is 0.317 e. The second-order valence-electron chi connectivity index (χ2n) is 6.59. The van der Waals surface area contributed by atoms with Crippen LogP contribution in [0.15, 0.2) is 0 Å². The van der Waals surface area contributed by atoms with Gasteiger partial charge in [-0.05, 0) is 43.9 Å². The maximum absolute atomic E-state index is 12.0. The summed E-state index contributed by atoms with van der Waals surface area (Å²) in [5.74, 6) is -0.779. The number of carboxylic acid groups (broad SMARTS) is 1. The molecule has 1 aliphatic carbocycles. The monoisotopic (exact) mass is 284 g/mol. The molecule has 1 rings (SSSR count). The zero-order valence-electron chi connectivity index (χ0n) is 12.9. The summed E-state index contributed by atoms with van der Waals surface area (Å²) in [6.07, 6.45) is 5.94. The molecule has 0 saturated heterocycles. The van der Waals surface area contributed by atoms with E-state index in [1.807, 2.05) is 11.9 Å². The minimum atomic E-state index is -0.779. The minimum Gasteiger partial charge on any atom is -0.481 e. The molecule has 5 nitrogen and oxygen atoms in total. The Kier molecular flexibility index (Phi) is 6.30. The first-order chi connectivity index (χ1) is 9.32. The van der Waals surface area contributed by atoms with Crippen LogP contribution in [-0.2, 0) is 4.79 Å². The van der Waals surface area contributed by atoms with Crippen molar-refractivity contribution >= 4 is 12.0 Å². The van der Waals surface area contributed by atoms with Crippen molar-refractivity contribution in [1.82, 2.24) is 10.2 Å². The summed E-state index contributed by atoms with van der Waals surface area (Å²) in [5.41, 5.74) is 0.407. The van der Waals surface area contributed by atoms with Gasteiger partial charge in [0.2, 0.25) is 0 Å². The molecule has 5 heteroatoms. The number of nitrogens with zero attached hydrogens (tertiary/aromatic N) is 1.